The van der Waals surface area contributed by atoms with Crippen LogP contribution < -0.4 is 0 Å². The van der Waals surface area contributed by atoms with Crippen LogP contribution in [0.15, 0.2) is 16.8 Å². The summed E-state index contributed by atoms with van der Waals surface area (Å²) < 4.78 is 0. The molecular weight excluding hydrogens is 242 g/mol. The number of nitrogens with zero attached hydrogens (tertiary/aromatic N) is 1. The summed E-state index contributed by atoms with van der Waals surface area (Å²) >= 11 is 1.67. The highest BCUT2D eigenvalue weighted by Gasteiger charge is 2.37. The summed E-state index contributed by atoms with van der Waals surface area (Å²) in [6.07, 6.45) is 5.29. The van der Waals surface area contributed by atoms with Crippen LogP contribution in [-0.4, -0.2) is 29.3 Å². The number of carbonyl (C=O) groups is 1. The first-order chi connectivity index (χ1) is 8.66. The van der Waals surface area contributed by atoms with E-state index in [0.29, 0.717) is 12.2 Å². The monoisotopic (exact) mass is 265 g/mol. The first kappa shape index (κ1) is 13.8. The van der Waals surface area contributed by atoms with Crippen molar-refractivity contribution < 1.29 is 4.79 Å². The molecule has 0 N–H and O–H groups in total. The van der Waals surface area contributed by atoms with E-state index >= 15 is 0 Å². The van der Waals surface area contributed by atoms with Crippen LogP contribution in [0, 0.1) is 0 Å². The quantitative estimate of drug-likeness (QED) is 0.812. The standard InChI is InChI=1S/C15H23NOS/c1-3-15(2,16-8-5-4-6-9-16)14(17)11-13-7-10-18-12-13/h7,10,12H,3-6,8-9,11H2,1-2H3. The van der Waals surface area contributed by atoms with Gasteiger partial charge in [0.05, 0.1) is 5.54 Å². The van der Waals surface area contributed by atoms with Crippen molar-refractivity contribution in [1.82, 2.24) is 4.90 Å². The Hall–Kier alpha value is -0.670. The Bertz CT molecular complexity index is 381. The van der Waals surface area contributed by atoms with Gasteiger partial charge in [-0.05, 0) is 61.7 Å². The van der Waals surface area contributed by atoms with Gasteiger partial charge in [0.25, 0.3) is 0 Å². The summed E-state index contributed by atoms with van der Waals surface area (Å²) in [5.41, 5.74) is 0.907. The molecule has 1 aliphatic rings. The molecule has 2 nitrogen and oxygen atoms in total. The molecule has 1 aliphatic heterocycles. The lowest BCUT2D eigenvalue weighted by atomic mass is 9.86. The van der Waals surface area contributed by atoms with Gasteiger partial charge in [-0.15, -0.1) is 0 Å². The summed E-state index contributed by atoms with van der Waals surface area (Å²) in [4.78, 5) is 15.0. The average Bonchev–Trinajstić information content (AvgIpc) is 2.91. The van der Waals surface area contributed by atoms with Gasteiger partial charge in [0.1, 0.15) is 0 Å². The predicted molar refractivity (Wildman–Crippen MR) is 77.2 cm³/mol. The Labute approximate surface area is 114 Å². The minimum Gasteiger partial charge on any atom is -0.297 e. The Morgan fingerprint density at radius 1 is 1.39 bits per heavy atom. The van der Waals surface area contributed by atoms with Gasteiger partial charge >= 0.3 is 0 Å². The topological polar surface area (TPSA) is 20.3 Å². The molecule has 0 bridgehead atoms. The van der Waals surface area contributed by atoms with E-state index in [4.69, 9.17) is 0 Å². The maximum atomic E-state index is 12.6. The van der Waals surface area contributed by atoms with Gasteiger partial charge in [0.2, 0.25) is 0 Å². The summed E-state index contributed by atoms with van der Waals surface area (Å²) in [7, 11) is 0. The lowest BCUT2D eigenvalue weighted by Crippen LogP contribution is -2.54. The number of carbonyl (C=O) groups excluding carboxylic acids is 1. The smallest absolute Gasteiger partial charge is 0.157 e. The van der Waals surface area contributed by atoms with E-state index in [0.717, 1.165) is 19.5 Å². The molecule has 0 aliphatic carbocycles. The average molecular weight is 265 g/mol. The SMILES string of the molecule is CCC(C)(C(=O)Cc1ccsc1)N1CCCCC1. The maximum absolute atomic E-state index is 12.6. The third-order valence-electron chi connectivity index (χ3n) is 4.29. The van der Waals surface area contributed by atoms with Gasteiger partial charge in [-0.2, -0.15) is 11.3 Å². The zero-order valence-electron chi connectivity index (χ0n) is 11.4. The fourth-order valence-corrected chi connectivity index (χ4v) is 3.42. The first-order valence-corrected chi connectivity index (χ1v) is 7.90. The van der Waals surface area contributed by atoms with Gasteiger partial charge in [-0.1, -0.05) is 13.3 Å². The van der Waals surface area contributed by atoms with Crippen molar-refractivity contribution in [3.63, 3.8) is 0 Å². The number of hydrogen-bond acceptors (Lipinski definition) is 3. The Morgan fingerprint density at radius 2 is 2.11 bits per heavy atom. The molecule has 1 aromatic heterocycles. The molecule has 18 heavy (non-hydrogen) atoms. The maximum Gasteiger partial charge on any atom is 0.157 e. The van der Waals surface area contributed by atoms with Crippen molar-refractivity contribution in [2.75, 3.05) is 13.1 Å². The van der Waals surface area contributed by atoms with Crippen LogP contribution in [-0.2, 0) is 11.2 Å². The van der Waals surface area contributed by atoms with Crippen molar-refractivity contribution in [3.8, 4) is 0 Å². The van der Waals surface area contributed by atoms with Gasteiger partial charge in [-0.25, -0.2) is 0 Å². The minimum absolute atomic E-state index is 0.262. The lowest BCUT2D eigenvalue weighted by Gasteiger charge is -2.42. The Morgan fingerprint density at radius 3 is 2.67 bits per heavy atom. The number of thiophene rings is 1. The molecular formula is C15H23NOS. The van der Waals surface area contributed by atoms with Crippen molar-refractivity contribution in [1.29, 1.82) is 0 Å². The van der Waals surface area contributed by atoms with Crippen molar-refractivity contribution >= 4 is 17.1 Å². The second kappa shape index (κ2) is 5.98. The van der Waals surface area contributed by atoms with Crippen LogP contribution in [0.5, 0.6) is 0 Å². The van der Waals surface area contributed by atoms with Crippen LogP contribution in [0.25, 0.3) is 0 Å². The molecule has 2 rings (SSSR count). The van der Waals surface area contributed by atoms with Crippen LogP contribution in [0.3, 0.4) is 0 Å². The fourth-order valence-electron chi connectivity index (χ4n) is 2.75. The summed E-state index contributed by atoms with van der Waals surface area (Å²) in [5.74, 6) is 0.380. The normalized spacial score (nSPS) is 20.6. The molecule has 3 heteroatoms. The molecule has 0 amide bonds. The second-order valence-corrected chi connectivity index (χ2v) is 6.19. The largest absolute Gasteiger partial charge is 0.297 e. The van der Waals surface area contributed by atoms with E-state index in [9.17, 15) is 4.79 Å². The van der Waals surface area contributed by atoms with Gasteiger partial charge < -0.3 is 0 Å². The molecule has 1 saturated heterocycles. The second-order valence-electron chi connectivity index (χ2n) is 5.41. The third-order valence-corrected chi connectivity index (χ3v) is 5.02. The molecule has 1 atom stereocenters. The van der Waals surface area contributed by atoms with Gasteiger partial charge in [0.15, 0.2) is 5.78 Å². The number of rotatable bonds is 5. The molecule has 1 fully saturated rings. The summed E-state index contributed by atoms with van der Waals surface area (Å²) in [6, 6.07) is 2.06. The van der Waals surface area contributed by atoms with E-state index in [1.807, 2.05) is 5.38 Å². The molecule has 2 heterocycles. The predicted octanol–water partition coefficient (Wildman–Crippen LogP) is 3.51. The zero-order chi connectivity index (χ0) is 13.0. The molecule has 0 spiro atoms. The van der Waals surface area contributed by atoms with E-state index in [-0.39, 0.29) is 5.54 Å². The van der Waals surface area contributed by atoms with E-state index < -0.39 is 0 Å². The molecule has 0 aromatic carbocycles. The van der Waals surface area contributed by atoms with Crippen LogP contribution in [0.1, 0.15) is 45.1 Å². The van der Waals surface area contributed by atoms with Gasteiger partial charge in [0, 0.05) is 6.42 Å². The number of Topliss-reactive ketones (excluding diaryl/α,β-unsaturated/α-hetero) is 1. The highest BCUT2D eigenvalue weighted by molar-refractivity contribution is 7.08. The van der Waals surface area contributed by atoms with Crippen molar-refractivity contribution in [2.45, 2.75) is 51.5 Å². The number of likely N-dealkylation sites (tertiary alicyclic amines) is 1. The van der Waals surface area contributed by atoms with Gasteiger partial charge in [-0.3, -0.25) is 9.69 Å². The zero-order valence-corrected chi connectivity index (χ0v) is 12.3. The number of ketones is 1. The summed E-state index contributed by atoms with van der Waals surface area (Å²) in [5, 5.41) is 4.14. The van der Waals surface area contributed by atoms with E-state index in [1.54, 1.807) is 11.3 Å². The molecule has 100 valence electrons. The molecule has 0 saturated carbocycles. The minimum atomic E-state index is -0.262. The Balaban J connectivity index is 2.07. The fraction of sp³-hybridized carbons (Fsp3) is 0.667. The third kappa shape index (κ3) is 2.83. The highest BCUT2D eigenvalue weighted by atomic mass is 32.1. The van der Waals surface area contributed by atoms with E-state index in [1.165, 1.54) is 24.8 Å². The van der Waals surface area contributed by atoms with Crippen LogP contribution >= 0.6 is 11.3 Å². The highest BCUT2D eigenvalue weighted by Crippen LogP contribution is 2.26. The number of piperidine rings is 1. The molecule has 0 radical (unpaired) electrons. The Kier molecular flexibility index (Phi) is 4.57. The van der Waals surface area contributed by atoms with E-state index in [2.05, 4.69) is 30.2 Å². The molecule has 1 unspecified atom stereocenters. The first-order valence-electron chi connectivity index (χ1n) is 6.96. The number of hydrogen-bond donors (Lipinski definition) is 0. The van der Waals surface area contributed by atoms with Crippen molar-refractivity contribution in [3.05, 3.63) is 22.4 Å². The van der Waals surface area contributed by atoms with Crippen molar-refractivity contribution in [2.24, 2.45) is 0 Å². The van der Waals surface area contributed by atoms with Crippen LogP contribution in [0.4, 0.5) is 0 Å². The van der Waals surface area contributed by atoms with Crippen LogP contribution in [0.2, 0.25) is 0 Å². The lowest BCUT2D eigenvalue weighted by molar-refractivity contribution is -0.130. The summed E-state index contributed by atoms with van der Waals surface area (Å²) in [6.45, 7) is 6.44. The molecule has 1 aromatic rings.